The maximum Gasteiger partial charge on any atom is 0.233 e. The van der Waals surface area contributed by atoms with E-state index in [0.717, 1.165) is 24.8 Å². The summed E-state index contributed by atoms with van der Waals surface area (Å²) in [5.74, 6) is 0.181. The topological polar surface area (TPSA) is 97.2 Å². The lowest BCUT2D eigenvalue weighted by Gasteiger charge is -2.19. The van der Waals surface area contributed by atoms with Crippen LogP contribution in [-0.4, -0.2) is 43.9 Å². The largest absolute Gasteiger partial charge is 0.326 e. The van der Waals surface area contributed by atoms with Crippen LogP contribution in [0.3, 0.4) is 0 Å². The van der Waals surface area contributed by atoms with Crippen LogP contribution < -0.4 is 5.32 Å². The average molecular weight is 393 g/mol. The van der Waals surface area contributed by atoms with E-state index in [4.69, 9.17) is 0 Å². The SMILES string of the molecule is O=C(CCN1C(=O)[C@@H]2[C@H]3CC[C@@H](C3)[C@@H]2C1=O)Nc1ccc(Cn2cncn2)cc1. The van der Waals surface area contributed by atoms with E-state index in [0.29, 0.717) is 24.1 Å². The van der Waals surface area contributed by atoms with Gasteiger partial charge in [-0.3, -0.25) is 19.3 Å². The van der Waals surface area contributed by atoms with E-state index in [1.807, 2.05) is 24.3 Å². The van der Waals surface area contributed by atoms with Crippen molar-refractivity contribution in [2.45, 2.75) is 32.2 Å². The van der Waals surface area contributed by atoms with Gasteiger partial charge in [0.25, 0.3) is 0 Å². The molecule has 4 atom stereocenters. The Hall–Kier alpha value is -3.03. The first kappa shape index (κ1) is 18.0. The van der Waals surface area contributed by atoms with Crippen molar-refractivity contribution in [3.63, 3.8) is 0 Å². The van der Waals surface area contributed by atoms with Crippen LogP contribution in [0, 0.1) is 23.7 Å². The molecule has 2 aromatic rings. The van der Waals surface area contributed by atoms with Crippen molar-refractivity contribution >= 4 is 23.4 Å². The number of carbonyl (C=O) groups excluding carboxylic acids is 3. The molecule has 150 valence electrons. The van der Waals surface area contributed by atoms with Gasteiger partial charge in [-0.25, -0.2) is 9.67 Å². The quantitative estimate of drug-likeness (QED) is 0.753. The Labute approximate surface area is 168 Å². The van der Waals surface area contributed by atoms with Gasteiger partial charge in [0.2, 0.25) is 17.7 Å². The van der Waals surface area contributed by atoms with E-state index in [9.17, 15) is 14.4 Å². The summed E-state index contributed by atoms with van der Waals surface area (Å²) in [5.41, 5.74) is 1.73. The van der Waals surface area contributed by atoms with Crippen molar-refractivity contribution in [3.05, 3.63) is 42.5 Å². The number of fused-ring (bicyclic) bond motifs is 5. The number of hydrogen-bond donors (Lipinski definition) is 1. The van der Waals surface area contributed by atoms with E-state index in [-0.39, 0.29) is 42.5 Å². The summed E-state index contributed by atoms with van der Waals surface area (Å²) in [7, 11) is 0. The first-order valence-corrected chi connectivity index (χ1v) is 10.2. The Kier molecular flexibility index (Phi) is 4.41. The molecule has 1 aliphatic heterocycles. The van der Waals surface area contributed by atoms with Crippen LogP contribution in [0.5, 0.6) is 0 Å². The zero-order chi connectivity index (χ0) is 20.0. The van der Waals surface area contributed by atoms with Crippen LogP contribution in [0.15, 0.2) is 36.9 Å². The van der Waals surface area contributed by atoms with Gasteiger partial charge in [-0.2, -0.15) is 5.10 Å². The molecule has 2 heterocycles. The number of amides is 3. The van der Waals surface area contributed by atoms with Crippen LogP contribution in [-0.2, 0) is 20.9 Å². The number of nitrogens with zero attached hydrogens (tertiary/aromatic N) is 4. The zero-order valence-corrected chi connectivity index (χ0v) is 16.0. The Morgan fingerprint density at radius 1 is 1.07 bits per heavy atom. The molecule has 5 rings (SSSR count). The van der Waals surface area contributed by atoms with Gasteiger partial charge in [0, 0.05) is 18.7 Å². The van der Waals surface area contributed by atoms with Gasteiger partial charge in [0.05, 0.1) is 18.4 Å². The Bertz CT molecular complexity index is 912. The van der Waals surface area contributed by atoms with Crippen LogP contribution >= 0.6 is 0 Å². The van der Waals surface area contributed by atoms with E-state index in [2.05, 4.69) is 15.4 Å². The van der Waals surface area contributed by atoms with E-state index < -0.39 is 0 Å². The molecule has 2 aliphatic carbocycles. The van der Waals surface area contributed by atoms with Gasteiger partial charge in [-0.15, -0.1) is 0 Å². The van der Waals surface area contributed by atoms with Gasteiger partial charge >= 0.3 is 0 Å². The van der Waals surface area contributed by atoms with Crippen molar-refractivity contribution in [1.82, 2.24) is 19.7 Å². The van der Waals surface area contributed by atoms with E-state index in [1.165, 1.54) is 11.2 Å². The molecule has 1 aromatic heterocycles. The minimum Gasteiger partial charge on any atom is -0.326 e. The molecule has 1 N–H and O–H groups in total. The molecule has 3 amide bonds. The highest BCUT2D eigenvalue weighted by atomic mass is 16.2. The number of aromatic nitrogens is 3. The van der Waals surface area contributed by atoms with Crippen LogP contribution in [0.1, 0.15) is 31.2 Å². The predicted molar refractivity (Wildman–Crippen MR) is 103 cm³/mol. The first-order chi connectivity index (χ1) is 14.1. The second kappa shape index (κ2) is 7.09. The standard InChI is InChI=1S/C21H23N5O3/c27-17(24-16-5-1-13(2-6-16)10-25-12-22-11-23-25)7-8-26-20(28)18-14-3-4-15(9-14)19(18)21(26)29/h1-2,5-6,11-12,14-15,18-19H,3-4,7-10H2,(H,24,27)/t14-,15-,18-,19+/m0/s1. The summed E-state index contributed by atoms with van der Waals surface area (Å²) in [6.07, 6.45) is 6.40. The third-order valence-corrected chi connectivity index (χ3v) is 6.63. The third kappa shape index (κ3) is 3.22. The number of carbonyl (C=O) groups is 3. The molecule has 3 aliphatic rings. The highest BCUT2D eigenvalue weighted by molar-refractivity contribution is 6.06. The molecule has 0 unspecified atom stereocenters. The fourth-order valence-corrected chi connectivity index (χ4v) is 5.32. The number of nitrogens with one attached hydrogen (secondary N) is 1. The Morgan fingerprint density at radius 3 is 2.38 bits per heavy atom. The van der Waals surface area contributed by atoms with Gasteiger partial charge in [-0.1, -0.05) is 12.1 Å². The fraction of sp³-hybridized carbons (Fsp3) is 0.476. The monoisotopic (exact) mass is 393 g/mol. The molecular formula is C21H23N5O3. The van der Waals surface area contributed by atoms with Crippen LogP contribution in [0.2, 0.25) is 0 Å². The van der Waals surface area contributed by atoms with E-state index >= 15 is 0 Å². The highest BCUT2D eigenvalue weighted by Gasteiger charge is 2.60. The van der Waals surface area contributed by atoms with Crippen molar-refractivity contribution in [2.75, 3.05) is 11.9 Å². The molecule has 2 bridgehead atoms. The molecule has 8 nitrogen and oxygen atoms in total. The smallest absolute Gasteiger partial charge is 0.233 e. The molecule has 1 aromatic carbocycles. The molecule has 0 spiro atoms. The maximum absolute atomic E-state index is 12.7. The lowest BCUT2D eigenvalue weighted by molar-refractivity contribution is -0.140. The summed E-state index contributed by atoms with van der Waals surface area (Å²) >= 11 is 0. The van der Waals surface area contributed by atoms with Gasteiger partial charge < -0.3 is 5.32 Å². The Morgan fingerprint density at radius 2 is 1.76 bits per heavy atom. The number of rotatable bonds is 6. The number of anilines is 1. The average Bonchev–Trinajstić information content (AvgIpc) is 3.49. The van der Waals surface area contributed by atoms with Crippen LogP contribution in [0.25, 0.3) is 0 Å². The van der Waals surface area contributed by atoms with Crippen LogP contribution in [0.4, 0.5) is 5.69 Å². The zero-order valence-electron chi connectivity index (χ0n) is 16.0. The van der Waals surface area contributed by atoms with Crippen molar-refractivity contribution in [2.24, 2.45) is 23.7 Å². The second-order valence-corrected chi connectivity index (χ2v) is 8.30. The first-order valence-electron chi connectivity index (χ1n) is 10.2. The summed E-state index contributed by atoms with van der Waals surface area (Å²) in [4.78, 5) is 43.0. The summed E-state index contributed by atoms with van der Waals surface area (Å²) in [6, 6.07) is 7.50. The molecular weight excluding hydrogens is 370 g/mol. The van der Waals surface area contributed by atoms with Gasteiger partial charge in [0.1, 0.15) is 12.7 Å². The van der Waals surface area contributed by atoms with Crippen molar-refractivity contribution < 1.29 is 14.4 Å². The molecule has 0 radical (unpaired) electrons. The molecule has 1 saturated heterocycles. The molecule has 29 heavy (non-hydrogen) atoms. The summed E-state index contributed by atoms with van der Waals surface area (Å²) < 4.78 is 1.72. The Balaban J connectivity index is 1.15. The summed E-state index contributed by atoms with van der Waals surface area (Å²) in [5, 5.41) is 6.91. The number of imide groups is 1. The molecule has 8 heteroatoms. The predicted octanol–water partition coefficient (Wildman–Crippen LogP) is 1.69. The number of likely N-dealkylation sites (tertiary alicyclic amines) is 1. The normalized spacial score (nSPS) is 27.5. The minimum atomic E-state index is -0.199. The third-order valence-electron chi connectivity index (χ3n) is 6.63. The number of benzene rings is 1. The van der Waals surface area contributed by atoms with Crippen molar-refractivity contribution in [1.29, 1.82) is 0 Å². The van der Waals surface area contributed by atoms with Crippen molar-refractivity contribution in [3.8, 4) is 0 Å². The lowest BCUT2D eigenvalue weighted by Crippen LogP contribution is -2.35. The van der Waals surface area contributed by atoms with E-state index in [1.54, 1.807) is 11.0 Å². The maximum atomic E-state index is 12.7. The second-order valence-electron chi connectivity index (χ2n) is 8.30. The minimum absolute atomic E-state index is 0.0579. The lowest BCUT2D eigenvalue weighted by atomic mass is 9.81. The van der Waals surface area contributed by atoms with Gasteiger partial charge in [0.15, 0.2) is 0 Å². The summed E-state index contributed by atoms with van der Waals surface area (Å²) in [6.45, 7) is 0.776. The molecule has 2 saturated carbocycles. The highest BCUT2D eigenvalue weighted by Crippen LogP contribution is 2.56. The number of hydrogen-bond acceptors (Lipinski definition) is 5. The molecule has 3 fully saturated rings. The van der Waals surface area contributed by atoms with Gasteiger partial charge in [-0.05, 0) is 48.8 Å². The fourth-order valence-electron chi connectivity index (χ4n) is 5.32.